The monoisotopic (exact) mass is 375 g/mol. The number of carbonyl (C=O) groups excluding carboxylic acids is 1. The lowest BCUT2D eigenvalue weighted by atomic mass is 9.87. The number of halogens is 2. The van der Waals surface area contributed by atoms with Crippen molar-refractivity contribution in [3.8, 4) is 5.75 Å². The molecule has 1 N–H and O–H groups in total. The van der Waals surface area contributed by atoms with Gasteiger partial charge in [-0.25, -0.2) is 0 Å². The van der Waals surface area contributed by atoms with Gasteiger partial charge < -0.3 is 14.7 Å². The average Bonchev–Trinajstić information content (AvgIpc) is 2.68. The smallest absolute Gasteiger partial charge is 0.387 e. The van der Waals surface area contributed by atoms with Crippen LogP contribution in [0.5, 0.6) is 5.75 Å². The Morgan fingerprint density at radius 2 is 1.81 bits per heavy atom. The predicted octanol–water partition coefficient (Wildman–Crippen LogP) is 3.74. The lowest BCUT2D eigenvalue weighted by molar-refractivity contribution is -0.0499. The molecule has 1 fully saturated rings. The maximum absolute atomic E-state index is 12.6. The summed E-state index contributed by atoms with van der Waals surface area (Å²) in [5, 5.41) is 10.5. The summed E-state index contributed by atoms with van der Waals surface area (Å²) in [5.74, 6) is -0.0857. The molecule has 0 aromatic heterocycles. The molecular weight excluding hydrogens is 352 g/mol. The molecule has 1 aliphatic rings. The summed E-state index contributed by atoms with van der Waals surface area (Å²) >= 11 is 0. The van der Waals surface area contributed by atoms with E-state index in [1.807, 2.05) is 30.3 Å². The molecule has 0 aliphatic carbocycles. The van der Waals surface area contributed by atoms with Gasteiger partial charge in [0.15, 0.2) is 0 Å². The van der Waals surface area contributed by atoms with E-state index in [1.54, 1.807) is 11.0 Å². The summed E-state index contributed by atoms with van der Waals surface area (Å²) in [5.41, 5.74) is 1.43. The highest BCUT2D eigenvalue weighted by Crippen LogP contribution is 2.25. The van der Waals surface area contributed by atoms with E-state index in [4.69, 9.17) is 0 Å². The van der Waals surface area contributed by atoms with Crippen LogP contribution in [0.25, 0.3) is 0 Å². The fourth-order valence-electron chi connectivity index (χ4n) is 3.50. The molecule has 27 heavy (non-hydrogen) atoms. The van der Waals surface area contributed by atoms with Crippen LogP contribution in [0.2, 0.25) is 0 Å². The maximum Gasteiger partial charge on any atom is 0.387 e. The number of rotatable bonds is 6. The fraction of sp³-hybridized carbons (Fsp3) is 0.381. The van der Waals surface area contributed by atoms with E-state index in [0.29, 0.717) is 37.9 Å². The molecule has 1 unspecified atom stereocenters. The van der Waals surface area contributed by atoms with Crippen molar-refractivity contribution in [2.45, 2.75) is 32.0 Å². The minimum atomic E-state index is -2.92. The molecule has 2 aromatic rings. The first-order chi connectivity index (χ1) is 13.0. The molecular formula is C21H23F2NO3. The molecule has 1 amide bonds. The van der Waals surface area contributed by atoms with Crippen LogP contribution in [0, 0.1) is 5.92 Å². The molecule has 1 atom stereocenters. The number of alkyl halides is 2. The van der Waals surface area contributed by atoms with Crippen LogP contribution in [0.1, 0.15) is 28.8 Å². The van der Waals surface area contributed by atoms with Gasteiger partial charge in [-0.15, -0.1) is 0 Å². The van der Waals surface area contributed by atoms with Crippen molar-refractivity contribution in [3.05, 3.63) is 65.7 Å². The summed E-state index contributed by atoms with van der Waals surface area (Å²) in [6.07, 6.45) is 1.60. The maximum atomic E-state index is 12.6. The van der Waals surface area contributed by atoms with Crippen molar-refractivity contribution in [1.29, 1.82) is 0 Å². The van der Waals surface area contributed by atoms with E-state index in [-0.39, 0.29) is 17.6 Å². The minimum Gasteiger partial charge on any atom is -0.435 e. The summed E-state index contributed by atoms with van der Waals surface area (Å²) in [4.78, 5) is 14.3. The van der Waals surface area contributed by atoms with Crippen LogP contribution in [0.4, 0.5) is 8.78 Å². The number of nitrogens with zero attached hydrogens (tertiary/aromatic N) is 1. The molecule has 2 aromatic carbocycles. The quantitative estimate of drug-likeness (QED) is 0.837. The average molecular weight is 375 g/mol. The Kier molecular flexibility index (Phi) is 6.40. The van der Waals surface area contributed by atoms with Gasteiger partial charge in [0.2, 0.25) is 0 Å². The van der Waals surface area contributed by atoms with Crippen LogP contribution in [0.15, 0.2) is 54.6 Å². The third kappa shape index (κ3) is 5.26. The van der Waals surface area contributed by atoms with Gasteiger partial charge in [-0.3, -0.25) is 4.79 Å². The first kappa shape index (κ1) is 19.3. The molecule has 6 heteroatoms. The Bertz CT molecular complexity index is 746. The van der Waals surface area contributed by atoms with Crippen molar-refractivity contribution in [1.82, 2.24) is 4.90 Å². The number of aliphatic hydroxyl groups excluding tert-OH is 1. The van der Waals surface area contributed by atoms with Gasteiger partial charge in [0, 0.05) is 18.7 Å². The van der Waals surface area contributed by atoms with Crippen LogP contribution in [-0.2, 0) is 6.42 Å². The van der Waals surface area contributed by atoms with E-state index in [1.165, 1.54) is 18.2 Å². The lowest BCUT2D eigenvalue weighted by Crippen LogP contribution is -2.41. The minimum absolute atomic E-state index is 0.0241. The highest BCUT2D eigenvalue weighted by atomic mass is 19.3. The van der Waals surface area contributed by atoms with Crippen molar-refractivity contribution < 1.29 is 23.4 Å². The molecule has 0 bridgehead atoms. The first-order valence-electron chi connectivity index (χ1n) is 9.09. The second-order valence-electron chi connectivity index (χ2n) is 6.79. The highest BCUT2D eigenvalue weighted by molar-refractivity contribution is 5.94. The third-order valence-electron chi connectivity index (χ3n) is 4.96. The number of aliphatic hydroxyl groups is 1. The summed E-state index contributed by atoms with van der Waals surface area (Å²) in [6, 6.07) is 15.7. The largest absolute Gasteiger partial charge is 0.435 e. The SMILES string of the molecule is O=C(c1cccc(OC(F)F)c1)N1CCC(C(O)Cc2ccccc2)CC1. The number of amides is 1. The molecule has 0 saturated carbocycles. The Balaban J connectivity index is 1.55. The zero-order valence-electron chi connectivity index (χ0n) is 14.9. The topological polar surface area (TPSA) is 49.8 Å². The van der Waals surface area contributed by atoms with Gasteiger partial charge in [0.1, 0.15) is 5.75 Å². The van der Waals surface area contributed by atoms with Crippen LogP contribution in [0.3, 0.4) is 0 Å². The number of carbonyl (C=O) groups is 1. The molecule has 0 radical (unpaired) electrons. The standard InChI is InChI=1S/C21H23F2NO3/c22-21(23)27-18-8-4-7-17(14-18)20(26)24-11-9-16(10-12-24)19(25)13-15-5-2-1-3-6-15/h1-8,14,16,19,21,25H,9-13H2. The van der Waals surface area contributed by atoms with Crippen LogP contribution >= 0.6 is 0 Å². The number of benzene rings is 2. The van der Waals surface area contributed by atoms with Crippen molar-refractivity contribution in [2.24, 2.45) is 5.92 Å². The van der Waals surface area contributed by atoms with Gasteiger partial charge >= 0.3 is 6.61 Å². The summed E-state index contributed by atoms with van der Waals surface area (Å²) < 4.78 is 29.0. The number of piperidine rings is 1. The van der Waals surface area contributed by atoms with Crippen LogP contribution in [-0.4, -0.2) is 41.7 Å². The van der Waals surface area contributed by atoms with Crippen LogP contribution < -0.4 is 4.74 Å². The van der Waals surface area contributed by atoms with Gasteiger partial charge in [0.25, 0.3) is 5.91 Å². The Morgan fingerprint density at radius 1 is 1.11 bits per heavy atom. The first-order valence-corrected chi connectivity index (χ1v) is 9.09. The van der Waals surface area contributed by atoms with Gasteiger partial charge in [-0.1, -0.05) is 36.4 Å². The van der Waals surface area contributed by atoms with E-state index < -0.39 is 12.7 Å². The third-order valence-corrected chi connectivity index (χ3v) is 4.96. The highest BCUT2D eigenvalue weighted by Gasteiger charge is 2.28. The second kappa shape index (κ2) is 8.95. The lowest BCUT2D eigenvalue weighted by Gasteiger charge is -2.34. The Labute approximate surface area is 157 Å². The number of ether oxygens (including phenoxy) is 1. The number of likely N-dealkylation sites (tertiary alicyclic amines) is 1. The summed E-state index contributed by atoms with van der Waals surface area (Å²) in [6.45, 7) is -1.85. The molecule has 3 rings (SSSR count). The van der Waals surface area contributed by atoms with E-state index >= 15 is 0 Å². The van der Waals surface area contributed by atoms with Crippen molar-refractivity contribution in [3.63, 3.8) is 0 Å². The molecule has 1 saturated heterocycles. The zero-order chi connectivity index (χ0) is 19.2. The van der Waals surface area contributed by atoms with Crippen molar-refractivity contribution in [2.75, 3.05) is 13.1 Å². The zero-order valence-corrected chi connectivity index (χ0v) is 14.9. The molecule has 0 spiro atoms. The number of hydrogen-bond acceptors (Lipinski definition) is 3. The van der Waals surface area contributed by atoms with E-state index in [0.717, 1.165) is 5.56 Å². The normalized spacial score (nSPS) is 16.4. The second-order valence-corrected chi connectivity index (χ2v) is 6.79. The van der Waals surface area contributed by atoms with Gasteiger partial charge in [0.05, 0.1) is 6.10 Å². The fourth-order valence-corrected chi connectivity index (χ4v) is 3.50. The Morgan fingerprint density at radius 3 is 2.48 bits per heavy atom. The van der Waals surface area contributed by atoms with E-state index in [2.05, 4.69) is 4.74 Å². The molecule has 144 valence electrons. The Hall–Kier alpha value is -2.47. The molecule has 1 aliphatic heterocycles. The van der Waals surface area contributed by atoms with E-state index in [9.17, 15) is 18.7 Å². The van der Waals surface area contributed by atoms with Gasteiger partial charge in [-0.05, 0) is 48.9 Å². The molecule has 4 nitrogen and oxygen atoms in total. The predicted molar refractivity (Wildman–Crippen MR) is 97.9 cm³/mol. The number of hydrogen-bond donors (Lipinski definition) is 1. The summed E-state index contributed by atoms with van der Waals surface area (Å²) in [7, 11) is 0. The van der Waals surface area contributed by atoms with Crippen molar-refractivity contribution >= 4 is 5.91 Å². The molecule has 1 heterocycles. The van der Waals surface area contributed by atoms with Gasteiger partial charge in [-0.2, -0.15) is 8.78 Å².